The summed E-state index contributed by atoms with van der Waals surface area (Å²) in [6.07, 6.45) is 5.96. The highest BCUT2D eigenvalue weighted by atomic mass is 32.2. The molecule has 2 aromatic carbocycles. The lowest BCUT2D eigenvalue weighted by atomic mass is 9.87. The first-order chi connectivity index (χ1) is 19.6. The number of urea groups is 1. The van der Waals surface area contributed by atoms with E-state index in [1.807, 2.05) is 30.3 Å². The fourth-order valence-corrected chi connectivity index (χ4v) is 6.03. The van der Waals surface area contributed by atoms with Crippen LogP contribution in [0, 0.1) is 0 Å². The third-order valence-corrected chi connectivity index (χ3v) is 8.94. The molecule has 1 aromatic heterocycles. The molecule has 0 aliphatic carbocycles. The SMILES string of the molecule is CS(=O)(=O)c1ccc(CN2C(=O)NC3(CCN(CCC(NC(=O)c4cccnc4)c4ccccc4)CC3)C2=O)cc1. The highest BCUT2D eigenvalue weighted by Gasteiger charge is 2.52. The molecular formula is C30H33N5O5S. The second-order valence-electron chi connectivity index (χ2n) is 10.6. The molecule has 214 valence electrons. The van der Waals surface area contributed by atoms with E-state index in [2.05, 4.69) is 20.5 Å². The predicted molar refractivity (Wildman–Crippen MR) is 153 cm³/mol. The first kappa shape index (κ1) is 28.4. The summed E-state index contributed by atoms with van der Waals surface area (Å²) in [7, 11) is -3.33. The summed E-state index contributed by atoms with van der Waals surface area (Å²) in [5, 5.41) is 6.07. The normalized spacial score (nSPS) is 17.8. The Morgan fingerprint density at radius 3 is 2.37 bits per heavy atom. The smallest absolute Gasteiger partial charge is 0.325 e. The van der Waals surface area contributed by atoms with Crippen LogP contribution in [0.3, 0.4) is 0 Å². The van der Waals surface area contributed by atoms with E-state index in [0.29, 0.717) is 50.0 Å². The zero-order chi connectivity index (χ0) is 29.0. The van der Waals surface area contributed by atoms with Gasteiger partial charge in [-0.1, -0.05) is 42.5 Å². The topological polar surface area (TPSA) is 129 Å². The van der Waals surface area contributed by atoms with E-state index in [9.17, 15) is 22.8 Å². The molecule has 0 bridgehead atoms. The Balaban J connectivity index is 1.18. The zero-order valence-electron chi connectivity index (χ0n) is 22.8. The fraction of sp³-hybridized carbons (Fsp3) is 0.333. The number of likely N-dealkylation sites (tertiary alicyclic amines) is 1. The summed E-state index contributed by atoms with van der Waals surface area (Å²) < 4.78 is 23.5. The number of hydrogen-bond donors (Lipinski definition) is 2. The third kappa shape index (κ3) is 6.47. The maximum absolute atomic E-state index is 13.4. The number of benzene rings is 2. The summed E-state index contributed by atoms with van der Waals surface area (Å²) in [6.45, 7) is 2.04. The number of imide groups is 1. The maximum Gasteiger partial charge on any atom is 0.325 e. The number of carbonyl (C=O) groups is 3. The number of piperidine rings is 1. The number of amides is 4. The van der Waals surface area contributed by atoms with Gasteiger partial charge in [0.15, 0.2) is 9.84 Å². The van der Waals surface area contributed by atoms with Gasteiger partial charge in [-0.3, -0.25) is 19.5 Å². The minimum atomic E-state index is -3.33. The molecule has 1 unspecified atom stereocenters. The third-order valence-electron chi connectivity index (χ3n) is 7.81. The lowest BCUT2D eigenvalue weighted by molar-refractivity contribution is -0.133. The van der Waals surface area contributed by atoms with Crippen LogP contribution in [-0.2, 0) is 21.2 Å². The van der Waals surface area contributed by atoms with Crippen LogP contribution in [0.4, 0.5) is 4.79 Å². The van der Waals surface area contributed by atoms with E-state index in [1.165, 1.54) is 17.0 Å². The largest absolute Gasteiger partial charge is 0.345 e. The van der Waals surface area contributed by atoms with E-state index >= 15 is 0 Å². The molecule has 2 aliphatic rings. The van der Waals surface area contributed by atoms with Gasteiger partial charge in [0.25, 0.3) is 11.8 Å². The van der Waals surface area contributed by atoms with Crippen molar-refractivity contribution in [3.63, 3.8) is 0 Å². The Labute approximate surface area is 239 Å². The highest BCUT2D eigenvalue weighted by Crippen LogP contribution is 2.31. The van der Waals surface area contributed by atoms with Gasteiger partial charge in [-0.25, -0.2) is 13.2 Å². The van der Waals surface area contributed by atoms with Crippen LogP contribution in [0.5, 0.6) is 0 Å². The van der Waals surface area contributed by atoms with Crippen LogP contribution in [0.25, 0.3) is 0 Å². The van der Waals surface area contributed by atoms with Crippen LogP contribution >= 0.6 is 0 Å². The van der Waals surface area contributed by atoms with Crippen molar-refractivity contribution in [1.29, 1.82) is 0 Å². The number of aromatic nitrogens is 1. The Kier molecular flexibility index (Phi) is 8.18. The Morgan fingerprint density at radius 2 is 1.73 bits per heavy atom. The van der Waals surface area contributed by atoms with Crippen molar-refractivity contribution in [1.82, 2.24) is 25.4 Å². The highest BCUT2D eigenvalue weighted by molar-refractivity contribution is 7.90. The molecule has 0 radical (unpaired) electrons. The van der Waals surface area contributed by atoms with Gasteiger partial charge in [0, 0.05) is 38.3 Å². The summed E-state index contributed by atoms with van der Waals surface area (Å²) in [6, 6.07) is 18.9. The van der Waals surface area contributed by atoms with Crippen molar-refractivity contribution < 1.29 is 22.8 Å². The van der Waals surface area contributed by atoms with E-state index in [4.69, 9.17) is 0 Å². The molecule has 2 aliphatic heterocycles. The van der Waals surface area contributed by atoms with Gasteiger partial charge in [-0.15, -0.1) is 0 Å². The van der Waals surface area contributed by atoms with Crippen LogP contribution in [0.15, 0.2) is 84.0 Å². The summed E-state index contributed by atoms with van der Waals surface area (Å²) >= 11 is 0. The van der Waals surface area contributed by atoms with Crippen LogP contribution in [-0.4, -0.2) is 72.5 Å². The van der Waals surface area contributed by atoms with Crippen LogP contribution < -0.4 is 10.6 Å². The van der Waals surface area contributed by atoms with E-state index in [0.717, 1.165) is 11.8 Å². The first-order valence-electron chi connectivity index (χ1n) is 13.6. The molecule has 1 atom stereocenters. The van der Waals surface area contributed by atoms with Crippen LogP contribution in [0.1, 0.15) is 46.8 Å². The van der Waals surface area contributed by atoms with Gasteiger partial charge < -0.3 is 15.5 Å². The van der Waals surface area contributed by atoms with Crippen LogP contribution in [0.2, 0.25) is 0 Å². The number of sulfone groups is 1. The van der Waals surface area contributed by atoms with Gasteiger partial charge in [0.05, 0.1) is 23.0 Å². The van der Waals surface area contributed by atoms with Crippen molar-refractivity contribution >= 4 is 27.7 Å². The molecule has 2 fully saturated rings. The van der Waals surface area contributed by atoms with E-state index in [-0.39, 0.29) is 29.3 Å². The molecule has 2 N–H and O–H groups in total. The van der Waals surface area contributed by atoms with Gasteiger partial charge in [0.1, 0.15) is 5.54 Å². The average molecular weight is 576 g/mol. The second kappa shape index (κ2) is 11.8. The summed E-state index contributed by atoms with van der Waals surface area (Å²) in [5.41, 5.74) is 1.25. The molecule has 3 heterocycles. The predicted octanol–water partition coefficient (Wildman–Crippen LogP) is 2.93. The molecule has 10 nitrogen and oxygen atoms in total. The van der Waals surface area contributed by atoms with Gasteiger partial charge in [0.2, 0.25) is 0 Å². The summed E-state index contributed by atoms with van der Waals surface area (Å²) in [4.78, 5) is 46.8. The zero-order valence-corrected chi connectivity index (χ0v) is 23.6. The minimum Gasteiger partial charge on any atom is -0.345 e. The molecule has 4 amide bonds. The Hall–Kier alpha value is -4.09. The second-order valence-corrected chi connectivity index (χ2v) is 12.6. The number of nitrogens with one attached hydrogen (secondary N) is 2. The molecular weight excluding hydrogens is 542 g/mol. The number of nitrogens with zero attached hydrogens (tertiary/aromatic N) is 3. The quantitative estimate of drug-likeness (QED) is 0.376. The summed E-state index contributed by atoms with van der Waals surface area (Å²) in [5.74, 6) is -0.435. The number of rotatable bonds is 9. The van der Waals surface area contributed by atoms with Crippen molar-refractivity contribution in [3.8, 4) is 0 Å². The van der Waals surface area contributed by atoms with Crippen molar-refractivity contribution in [2.75, 3.05) is 25.9 Å². The molecule has 0 saturated carbocycles. The van der Waals surface area contributed by atoms with Crippen molar-refractivity contribution in [3.05, 3.63) is 95.8 Å². The molecule has 3 aromatic rings. The average Bonchev–Trinajstić information content (AvgIpc) is 3.20. The Morgan fingerprint density at radius 1 is 1.02 bits per heavy atom. The Bertz CT molecular complexity index is 1510. The minimum absolute atomic E-state index is 0.0789. The molecule has 41 heavy (non-hydrogen) atoms. The van der Waals surface area contributed by atoms with Gasteiger partial charge >= 0.3 is 6.03 Å². The van der Waals surface area contributed by atoms with Crippen molar-refractivity contribution in [2.45, 2.75) is 42.3 Å². The van der Waals surface area contributed by atoms with E-state index < -0.39 is 21.4 Å². The van der Waals surface area contributed by atoms with Gasteiger partial charge in [-0.2, -0.15) is 0 Å². The van der Waals surface area contributed by atoms with Gasteiger partial charge in [-0.05, 0) is 54.7 Å². The molecule has 2 saturated heterocycles. The van der Waals surface area contributed by atoms with Crippen molar-refractivity contribution in [2.24, 2.45) is 0 Å². The first-order valence-corrected chi connectivity index (χ1v) is 15.5. The molecule has 1 spiro atoms. The lowest BCUT2D eigenvalue weighted by Crippen LogP contribution is -2.55. The maximum atomic E-state index is 13.4. The number of carbonyl (C=O) groups excluding carboxylic acids is 3. The molecule has 5 rings (SSSR count). The standard InChI is InChI=1S/C30H33N5O5S/c1-41(39,40)25-11-9-22(10-12-25)21-35-28(37)30(33-29(35)38)14-18-34(19-15-30)17-13-26(23-6-3-2-4-7-23)32-27(36)24-8-5-16-31-20-24/h2-12,16,20,26H,13-15,17-19,21H2,1H3,(H,32,36)(H,33,38). The number of pyridine rings is 1. The monoisotopic (exact) mass is 575 g/mol. The number of hydrogen-bond acceptors (Lipinski definition) is 7. The molecule has 11 heteroatoms. The lowest BCUT2D eigenvalue weighted by Gasteiger charge is -2.37. The van der Waals surface area contributed by atoms with E-state index in [1.54, 1.807) is 36.7 Å². The fourth-order valence-electron chi connectivity index (χ4n) is 5.40.